The topological polar surface area (TPSA) is 47.7 Å². The Balaban J connectivity index is 2.09. The molecule has 5 heteroatoms. The summed E-state index contributed by atoms with van der Waals surface area (Å²) in [5.74, 6) is 1.58. The zero-order valence-electron chi connectivity index (χ0n) is 13.6. The molecule has 0 bridgehead atoms. The summed E-state index contributed by atoms with van der Waals surface area (Å²) in [5, 5.41) is 7.85. The van der Waals surface area contributed by atoms with Crippen LogP contribution in [0, 0.1) is 5.92 Å². The lowest BCUT2D eigenvalue weighted by Gasteiger charge is -2.21. The number of hydrogen-bond acceptors (Lipinski definition) is 3. The van der Waals surface area contributed by atoms with E-state index < -0.39 is 0 Å². The number of hydrogen-bond donors (Lipinski definition) is 1. The summed E-state index contributed by atoms with van der Waals surface area (Å²) in [6.07, 6.45) is 7.14. The van der Waals surface area contributed by atoms with E-state index in [0.717, 1.165) is 31.9 Å². The van der Waals surface area contributed by atoms with Crippen LogP contribution in [-0.4, -0.2) is 25.9 Å². The second kappa shape index (κ2) is 7.41. The summed E-state index contributed by atoms with van der Waals surface area (Å²) < 4.78 is 4.13. The second-order valence-corrected chi connectivity index (χ2v) is 5.79. The van der Waals surface area contributed by atoms with Gasteiger partial charge in [0.2, 0.25) is 0 Å². The minimum Gasteiger partial charge on any atom is -0.346 e. The Labute approximate surface area is 127 Å². The molecule has 0 aromatic carbocycles. The van der Waals surface area contributed by atoms with Gasteiger partial charge in [0.1, 0.15) is 12.2 Å². The van der Waals surface area contributed by atoms with Gasteiger partial charge >= 0.3 is 0 Å². The van der Waals surface area contributed by atoms with Gasteiger partial charge in [-0.1, -0.05) is 20.8 Å². The van der Waals surface area contributed by atoms with Gasteiger partial charge in [-0.05, 0) is 37.4 Å². The molecule has 2 rings (SSSR count). The fraction of sp³-hybridized carbons (Fsp3) is 0.625. The Kier molecular flexibility index (Phi) is 5.56. The lowest BCUT2D eigenvalue weighted by Crippen LogP contribution is -2.26. The summed E-state index contributed by atoms with van der Waals surface area (Å²) in [6, 6.07) is 2.62. The molecule has 21 heavy (non-hydrogen) atoms. The Morgan fingerprint density at radius 3 is 2.76 bits per heavy atom. The van der Waals surface area contributed by atoms with Crippen LogP contribution < -0.4 is 5.32 Å². The van der Waals surface area contributed by atoms with Crippen molar-refractivity contribution in [3.63, 3.8) is 0 Å². The van der Waals surface area contributed by atoms with E-state index in [-0.39, 0.29) is 0 Å². The van der Waals surface area contributed by atoms with Crippen molar-refractivity contribution in [1.82, 2.24) is 24.6 Å². The average Bonchev–Trinajstić information content (AvgIpc) is 3.09. The third-order valence-corrected chi connectivity index (χ3v) is 3.73. The van der Waals surface area contributed by atoms with Crippen LogP contribution in [0.3, 0.4) is 0 Å². The van der Waals surface area contributed by atoms with Gasteiger partial charge in [-0.15, -0.1) is 0 Å². The molecule has 2 heterocycles. The van der Waals surface area contributed by atoms with Crippen LogP contribution in [0.15, 0.2) is 24.8 Å². The van der Waals surface area contributed by atoms with Crippen molar-refractivity contribution in [2.75, 3.05) is 6.54 Å². The second-order valence-electron chi connectivity index (χ2n) is 5.79. The molecule has 0 amide bonds. The zero-order valence-corrected chi connectivity index (χ0v) is 13.6. The number of rotatable bonds is 8. The highest BCUT2D eigenvalue weighted by atomic mass is 15.3. The van der Waals surface area contributed by atoms with Gasteiger partial charge in [-0.2, -0.15) is 5.10 Å². The molecule has 0 aliphatic carbocycles. The summed E-state index contributed by atoms with van der Waals surface area (Å²) in [7, 11) is 0. The SMILES string of the molecule is CCCNC(c1ccn(Cc2ncnn2CC)c1)C(C)C. The molecule has 0 spiro atoms. The molecule has 1 N–H and O–H groups in total. The number of aromatic nitrogens is 4. The van der Waals surface area contributed by atoms with Gasteiger partial charge in [0.25, 0.3) is 0 Å². The monoisotopic (exact) mass is 289 g/mol. The van der Waals surface area contributed by atoms with Gasteiger partial charge in [0, 0.05) is 25.0 Å². The Hall–Kier alpha value is -1.62. The molecular formula is C16H27N5. The van der Waals surface area contributed by atoms with Gasteiger partial charge in [0.15, 0.2) is 0 Å². The highest BCUT2D eigenvalue weighted by Crippen LogP contribution is 2.22. The van der Waals surface area contributed by atoms with E-state index in [1.54, 1.807) is 6.33 Å². The van der Waals surface area contributed by atoms with Crippen molar-refractivity contribution in [3.05, 3.63) is 36.2 Å². The Morgan fingerprint density at radius 2 is 2.10 bits per heavy atom. The Bertz CT molecular complexity index is 540. The zero-order chi connectivity index (χ0) is 15.2. The summed E-state index contributed by atoms with van der Waals surface area (Å²) in [4.78, 5) is 4.34. The normalized spacial score (nSPS) is 13.0. The smallest absolute Gasteiger partial charge is 0.146 e. The molecule has 2 aromatic heterocycles. The van der Waals surface area contributed by atoms with E-state index >= 15 is 0 Å². The van der Waals surface area contributed by atoms with Crippen LogP contribution in [0.5, 0.6) is 0 Å². The van der Waals surface area contributed by atoms with Crippen LogP contribution >= 0.6 is 0 Å². The van der Waals surface area contributed by atoms with E-state index in [9.17, 15) is 0 Å². The predicted molar refractivity (Wildman–Crippen MR) is 85.1 cm³/mol. The molecule has 0 aliphatic heterocycles. The van der Waals surface area contributed by atoms with Gasteiger partial charge in [-0.3, -0.25) is 0 Å². The summed E-state index contributed by atoms with van der Waals surface area (Å²) >= 11 is 0. The van der Waals surface area contributed by atoms with Gasteiger partial charge in [0.05, 0.1) is 6.54 Å². The number of nitrogens with zero attached hydrogens (tertiary/aromatic N) is 4. The molecule has 5 nitrogen and oxygen atoms in total. The highest BCUT2D eigenvalue weighted by Gasteiger charge is 2.16. The van der Waals surface area contributed by atoms with Crippen molar-refractivity contribution in [3.8, 4) is 0 Å². The number of aryl methyl sites for hydroxylation is 1. The largest absolute Gasteiger partial charge is 0.346 e. The average molecular weight is 289 g/mol. The Morgan fingerprint density at radius 1 is 1.29 bits per heavy atom. The minimum atomic E-state index is 0.412. The van der Waals surface area contributed by atoms with Crippen LogP contribution in [-0.2, 0) is 13.1 Å². The van der Waals surface area contributed by atoms with E-state index in [2.05, 4.69) is 66.1 Å². The first kappa shape index (κ1) is 15.8. The number of nitrogens with one attached hydrogen (secondary N) is 1. The minimum absolute atomic E-state index is 0.412. The fourth-order valence-corrected chi connectivity index (χ4v) is 2.62. The van der Waals surface area contributed by atoms with Crippen molar-refractivity contribution in [2.24, 2.45) is 5.92 Å². The lowest BCUT2D eigenvalue weighted by atomic mass is 9.98. The maximum atomic E-state index is 4.34. The quantitative estimate of drug-likeness (QED) is 0.813. The molecule has 0 fully saturated rings. The first-order valence-electron chi connectivity index (χ1n) is 7.91. The molecular weight excluding hydrogens is 262 g/mol. The van der Waals surface area contributed by atoms with Crippen LogP contribution in [0.1, 0.15) is 51.5 Å². The fourth-order valence-electron chi connectivity index (χ4n) is 2.62. The van der Waals surface area contributed by atoms with Crippen LogP contribution in [0.4, 0.5) is 0 Å². The van der Waals surface area contributed by atoms with Crippen LogP contribution in [0.2, 0.25) is 0 Å². The predicted octanol–water partition coefficient (Wildman–Crippen LogP) is 2.84. The first-order valence-corrected chi connectivity index (χ1v) is 7.91. The molecule has 116 valence electrons. The van der Waals surface area contributed by atoms with Crippen molar-refractivity contribution < 1.29 is 0 Å². The summed E-state index contributed by atoms with van der Waals surface area (Å²) in [6.45, 7) is 11.5. The molecule has 1 unspecified atom stereocenters. The van der Waals surface area contributed by atoms with E-state index in [1.165, 1.54) is 5.56 Å². The third-order valence-electron chi connectivity index (χ3n) is 3.73. The molecule has 2 aromatic rings. The lowest BCUT2D eigenvalue weighted by molar-refractivity contribution is 0.412. The first-order chi connectivity index (χ1) is 10.2. The maximum Gasteiger partial charge on any atom is 0.146 e. The van der Waals surface area contributed by atoms with E-state index in [1.807, 2.05) is 4.68 Å². The molecule has 0 aliphatic rings. The molecule has 1 atom stereocenters. The molecule has 0 saturated carbocycles. The van der Waals surface area contributed by atoms with Crippen molar-refractivity contribution in [2.45, 2.75) is 53.2 Å². The van der Waals surface area contributed by atoms with Crippen molar-refractivity contribution >= 4 is 0 Å². The van der Waals surface area contributed by atoms with E-state index in [0.29, 0.717) is 12.0 Å². The molecule has 0 saturated heterocycles. The summed E-state index contributed by atoms with van der Waals surface area (Å²) in [5.41, 5.74) is 1.35. The van der Waals surface area contributed by atoms with Crippen LogP contribution in [0.25, 0.3) is 0 Å². The third kappa shape index (κ3) is 3.94. The highest BCUT2D eigenvalue weighted by molar-refractivity contribution is 5.16. The standard InChI is InChI=1S/C16H27N5/c1-5-8-17-16(13(3)4)14-7-9-20(10-14)11-15-18-12-19-21(15)6-2/h7,9-10,12-13,16-17H,5-6,8,11H2,1-4H3. The van der Waals surface area contributed by atoms with E-state index in [4.69, 9.17) is 0 Å². The van der Waals surface area contributed by atoms with Crippen molar-refractivity contribution in [1.29, 1.82) is 0 Å². The molecule has 0 radical (unpaired) electrons. The van der Waals surface area contributed by atoms with Gasteiger partial charge in [-0.25, -0.2) is 9.67 Å². The maximum absolute atomic E-state index is 4.34. The van der Waals surface area contributed by atoms with Gasteiger partial charge < -0.3 is 9.88 Å².